The number of hydrogen-bond donors (Lipinski definition) is 3. The maximum atomic E-state index is 13.6. The van der Waals surface area contributed by atoms with Crippen molar-refractivity contribution in [1.29, 1.82) is 0 Å². The molecule has 5 N–H and O–H groups in total. The van der Waals surface area contributed by atoms with Crippen LogP contribution < -0.4 is 11.5 Å². The zero-order chi connectivity index (χ0) is 20.4. The van der Waals surface area contributed by atoms with Crippen molar-refractivity contribution >= 4 is 40.1 Å². The van der Waals surface area contributed by atoms with Crippen LogP contribution in [0.4, 0.5) is 11.6 Å². The minimum absolute atomic E-state index is 0.0229. The summed E-state index contributed by atoms with van der Waals surface area (Å²) in [4.78, 5) is 25.4. The highest BCUT2D eigenvalue weighted by molar-refractivity contribution is 8.00. The van der Waals surface area contributed by atoms with Gasteiger partial charge in [0, 0.05) is 28.7 Å². The number of carbonyl (C=O) groups excluding carboxylic acids is 1. The number of rotatable bonds is 6. The summed E-state index contributed by atoms with van der Waals surface area (Å²) in [5.74, 6) is 0.531. The molecule has 0 aliphatic carbocycles. The van der Waals surface area contributed by atoms with E-state index in [1.54, 1.807) is 6.20 Å². The van der Waals surface area contributed by atoms with Crippen molar-refractivity contribution in [3.63, 3.8) is 0 Å². The molecule has 0 fully saturated rings. The molecule has 0 bridgehead atoms. The lowest BCUT2D eigenvalue weighted by Gasteiger charge is -2.15. The quantitative estimate of drug-likeness (QED) is 0.250. The molecule has 0 amide bonds. The normalized spacial score (nSPS) is 12.2. The first kappa shape index (κ1) is 19.0. The molecule has 7 heteroatoms. The molecule has 2 heterocycles. The molecule has 0 saturated carbocycles. The molecule has 0 saturated heterocycles. The number of anilines is 2. The number of ketones is 1. The Morgan fingerprint density at radius 2 is 1.79 bits per heavy atom. The van der Waals surface area contributed by atoms with Gasteiger partial charge in [-0.3, -0.25) is 4.79 Å². The number of fused-ring (bicyclic) bond motifs is 1. The van der Waals surface area contributed by atoms with Crippen LogP contribution in [0.2, 0.25) is 0 Å². The standard InChI is InChI=1S/C22H21N5OS/c1-2-13-9-6-10-15-16(12-25-19(13)15)20(28)21(14-7-4-3-5-8-14)29-22-26-17(23)11-18(24)27-22/h3-12,21,25H,2H2,1H3,(H4,23,24,26,27). The molecule has 146 valence electrons. The minimum atomic E-state index is -0.526. The number of para-hydroxylation sites is 1. The smallest absolute Gasteiger partial charge is 0.192 e. The minimum Gasteiger partial charge on any atom is -0.383 e. The van der Waals surface area contributed by atoms with Gasteiger partial charge in [-0.05, 0) is 17.5 Å². The van der Waals surface area contributed by atoms with Gasteiger partial charge in [-0.25, -0.2) is 9.97 Å². The Morgan fingerprint density at radius 3 is 2.48 bits per heavy atom. The Labute approximate surface area is 172 Å². The summed E-state index contributed by atoms with van der Waals surface area (Å²) in [6, 6.07) is 17.1. The molecule has 4 aromatic rings. The molecule has 1 atom stereocenters. The van der Waals surface area contributed by atoms with Crippen LogP contribution in [0.5, 0.6) is 0 Å². The number of nitrogen functional groups attached to an aromatic ring is 2. The van der Waals surface area contributed by atoms with E-state index in [1.807, 2.05) is 42.5 Å². The number of aromatic amines is 1. The molecule has 0 aliphatic rings. The lowest BCUT2D eigenvalue weighted by Crippen LogP contribution is -2.11. The lowest BCUT2D eigenvalue weighted by molar-refractivity contribution is 0.0991. The molecule has 2 aromatic heterocycles. The third kappa shape index (κ3) is 3.82. The van der Waals surface area contributed by atoms with Gasteiger partial charge in [0.25, 0.3) is 0 Å². The number of nitrogens with zero attached hydrogens (tertiary/aromatic N) is 2. The molecule has 6 nitrogen and oxygen atoms in total. The number of carbonyl (C=O) groups is 1. The van der Waals surface area contributed by atoms with Gasteiger partial charge in [0.1, 0.15) is 16.9 Å². The predicted molar refractivity (Wildman–Crippen MR) is 118 cm³/mol. The van der Waals surface area contributed by atoms with Crippen LogP contribution in [-0.2, 0) is 6.42 Å². The van der Waals surface area contributed by atoms with Crippen molar-refractivity contribution in [2.24, 2.45) is 0 Å². The summed E-state index contributed by atoms with van der Waals surface area (Å²) in [6.45, 7) is 2.10. The van der Waals surface area contributed by atoms with Crippen molar-refractivity contribution in [1.82, 2.24) is 15.0 Å². The van der Waals surface area contributed by atoms with Crippen LogP contribution in [0.25, 0.3) is 10.9 Å². The molecule has 4 rings (SSSR count). The van der Waals surface area contributed by atoms with Gasteiger partial charge < -0.3 is 16.5 Å². The molecule has 0 spiro atoms. The van der Waals surface area contributed by atoms with Crippen LogP contribution in [0.3, 0.4) is 0 Å². The topological polar surface area (TPSA) is 111 Å². The van der Waals surface area contributed by atoms with Gasteiger partial charge in [-0.1, -0.05) is 67.2 Å². The largest absolute Gasteiger partial charge is 0.383 e. The van der Waals surface area contributed by atoms with Crippen molar-refractivity contribution in [2.75, 3.05) is 11.5 Å². The molecular weight excluding hydrogens is 382 g/mol. The molecule has 29 heavy (non-hydrogen) atoms. The van der Waals surface area contributed by atoms with Crippen molar-refractivity contribution in [2.45, 2.75) is 23.8 Å². The van der Waals surface area contributed by atoms with E-state index in [0.29, 0.717) is 10.7 Å². The maximum Gasteiger partial charge on any atom is 0.192 e. The Balaban J connectivity index is 1.78. The Bertz CT molecular complexity index is 1150. The third-order valence-corrected chi connectivity index (χ3v) is 5.87. The fourth-order valence-corrected chi connectivity index (χ4v) is 4.43. The first-order valence-electron chi connectivity index (χ1n) is 9.31. The van der Waals surface area contributed by atoms with E-state index in [1.165, 1.54) is 23.4 Å². The second-order valence-corrected chi connectivity index (χ2v) is 7.74. The van der Waals surface area contributed by atoms with E-state index in [0.717, 1.165) is 22.9 Å². The molecule has 0 radical (unpaired) electrons. The number of nitrogens with one attached hydrogen (secondary N) is 1. The average Bonchev–Trinajstić information content (AvgIpc) is 3.16. The molecule has 1 unspecified atom stereocenters. The summed E-state index contributed by atoms with van der Waals surface area (Å²) < 4.78 is 0. The molecular formula is C22H21N5OS. The number of Topliss-reactive ketones (excluding diaryl/α,β-unsaturated/α-hetero) is 1. The first-order chi connectivity index (χ1) is 14.1. The van der Waals surface area contributed by atoms with E-state index in [4.69, 9.17) is 11.5 Å². The lowest BCUT2D eigenvalue weighted by atomic mass is 10.0. The van der Waals surface area contributed by atoms with Gasteiger partial charge in [-0.2, -0.15) is 0 Å². The van der Waals surface area contributed by atoms with Crippen LogP contribution in [0.15, 0.2) is 66.0 Å². The number of H-pyrrole nitrogens is 1. The monoisotopic (exact) mass is 403 g/mol. The zero-order valence-corrected chi connectivity index (χ0v) is 16.7. The second-order valence-electron chi connectivity index (χ2n) is 6.67. The fourth-order valence-electron chi connectivity index (χ4n) is 3.38. The van der Waals surface area contributed by atoms with Crippen LogP contribution in [0, 0.1) is 0 Å². The van der Waals surface area contributed by atoms with E-state index in [9.17, 15) is 4.79 Å². The number of hydrogen-bond acceptors (Lipinski definition) is 6. The van der Waals surface area contributed by atoms with E-state index in [-0.39, 0.29) is 17.4 Å². The Morgan fingerprint density at radius 1 is 1.07 bits per heavy atom. The predicted octanol–water partition coefficient (Wildman–Crippen LogP) is 4.40. The van der Waals surface area contributed by atoms with Gasteiger partial charge in [0.05, 0.1) is 0 Å². The summed E-state index contributed by atoms with van der Waals surface area (Å²) in [6.07, 6.45) is 2.68. The summed E-state index contributed by atoms with van der Waals surface area (Å²) >= 11 is 1.25. The van der Waals surface area contributed by atoms with Crippen LogP contribution >= 0.6 is 11.8 Å². The highest BCUT2D eigenvalue weighted by Gasteiger charge is 2.27. The van der Waals surface area contributed by atoms with E-state index in [2.05, 4.69) is 27.9 Å². The average molecular weight is 404 g/mol. The highest BCUT2D eigenvalue weighted by Crippen LogP contribution is 2.38. The first-order valence-corrected chi connectivity index (χ1v) is 10.2. The fraction of sp³-hybridized carbons (Fsp3) is 0.136. The maximum absolute atomic E-state index is 13.6. The second kappa shape index (κ2) is 7.97. The Kier molecular flexibility index (Phi) is 5.22. The third-order valence-electron chi connectivity index (χ3n) is 4.76. The number of aromatic nitrogens is 3. The number of benzene rings is 2. The van der Waals surface area contributed by atoms with Crippen molar-refractivity contribution < 1.29 is 4.79 Å². The summed E-state index contributed by atoms with van der Waals surface area (Å²) in [7, 11) is 0. The highest BCUT2D eigenvalue weighted by atomic mass is 32.2. The SMILES string of the molecule is CCc1cccc2c(C(=O)C(Sc3nc(N)cc(N)n3)c3ccccc3)c[nH]c12. The van der Waals surface area contributed by atoms with Crippen molar-refractivity contribution in [3.05, 3.63) is 77.5 Å². The summed E-state index contributed by atoms with van der Waals surface area (Å²) in [5, 5.41) is 0.768. The molecule has 2 aromatic carbocycles. The number of aryl methyl sites for hydroxylation is 1. The van der Waals surface area contributed by atoms with Gasteiger partial charge in [-0.15, -0.1) is 0 Å². The number of thioether (sulfide) groups is 1. The summed E-state index contributed by atoms with van der Waals surface area (Å²) in [5.41, 5.74) is 15.3. The van der Waals surface area contributed by atoms with Gasteiger partial charge in [0.15, 0.2) is 10.9 Å². The van der Waals surface area contributed by atoms with Gasteiger partial charge >= 0.3 is 0 Å². The molecule has 0 aliphatic heterocycles. The van der Waals surface area contributed by atoms with E-state index >= 15 is 0 Å². The van der Waals surface area contributed by atoms with Crippen LogP contribution in [-0.4, -0.2) is 20.7 Å². The van der Waals surface area contributed by atoms with Crippen molar-refractivity contribution in [3.8, 4) is 0 Å². The van der Waals surface area contributed by atoms with Gasteiger partial charge in [0.2, 0.25) is 0 Å². The number of nitrogens with two attached hydrogens (primary N) is 2. The van der Waals surface area contributed by atoms with Crippen LogP contribution in [0.1, 0.15) is 33.7 Å². The van der Waals surface area contributed by atoms with E-state index < -0.39 is 5.25 Å². The Hall–Kier alpha value is -3.32. The zero-order valence-electron chi connectivity index (χ0n) is 15.9.